The van der Waals surface area contributed by atoms with Gasteiger partial charge in [-0.2, -0.15) is 4.31 Å². The van der Waals surface area contributed by atoms with E-state index in [9.17, 15) is 8.42 Å². The quantitative estimate of drug-likeness (QED) is 0.856. The molecule has 0 amide bonds. The maximum Gasteiger partial charge on any atom is 0.243 e. The van der Waals surface area contributed by atoms with Crippen LogP contribution in [0.2, 0.25) is 0 Å². The zero-order valence-electron chi connectivity index (χ0n) is 11.7. The molecule has 0 atom stereocenters. The van der Waals surface area contributed by atoms with Crippen LogP contribution in [0.5, 0.6) is 5.75 Å². The lowest BCUT2D eigenvalue weighted by atomic mass is 9.83. The van der Waals surface area contributed by atoms with E-state index in [1.165, 1.54) is 0 Å². The smallest absolute Gasteiger partial charge is 0.243 e. The van der Waals surface area contributed by atoms with Crippen LogP contribution in [0.25, 0.3) is 0 Å². The summed E-state index contributed by atoms with van der Waals surface area (Å²) in [5.74, 6) is 0.665. The number of methoxy groups -OCH3 is 1. The first-order valence-electron chi connectivity index (χ1n) is 6.49. The van der Waals surface area contributed by atoms with Gasteiger partial charge in [-0.05, 0) is 42.5 Å². The predicted molar refractivity (Wildman–Crippen MR) is 74.8 cm³/mol. The Balaban J connectivity index is 2.18. The third-order valence-electron chi connectivity index (χ3n) is 3.77. The average molecular weight is 283 g/mol. The van der Waals surface area contributed by atoms with Crippen LogP contribution in [-0.2, 0) is 10.0 Å². The molecule has 0 spiro atoms. The molecule has 0 aliphatic carbocycles. The molecule has 0 aromatic heterocycles. The minimum atomic E-state index is -3.36. The Hall–Kier alpha value is -1.07. The molecule has 0 unspecified atom stereocenters. The van der Waals surface area contributed by atoms with Crippen molar-refractivity contribution in [3.8, 4) is 5.75 Å². The van der Waals surface area contributed by atoms with E-state index >= 15 is 0 Å². The van der Waals surface area contributed by atoms with Crippen molar-refractivity contribution in [3.63, 3.8) is 0 Å². The van der Waals surface area contributed by atoms with E-state index in [4.69, 9.17) is 4.74 Å². The lowest BCUT2D eigenvalue weighted by molar-refractivity contribution is 0.196. The summed E-state index contributed by atoms with van der Waals surface area (Å²) in [4.78, 5) is 0.341. The predicted octanol–water partition coefficient (Wildman–Crippen LogP) is 2.51. The molecule has 1 fully saturated rings. The van der Waals surface area contributed by atoms with Gasteiger partial charge < -0.3 is 4.74 Å². The van der Waals surface area contributed by atoms with Crippen LogP contribution in [0.15, 0.2) is 29.2 Å². The van der Waals surface area contributed by atoms with Crippen LogP contribution < -0.4 is 4.74 Å². The minimum absolute atomic E-state index is 0.242. The summed E-state index contributed by atoms with van der Waals surface area (Å²) in [7, 11) is -1.79. The molecular weight excluding hydrogens is 262 g/mol. The summed E-state index contributed by atoms with van der Waals surface area (Å²) < 4.78 is 31.6. The van der Waals surface area contributed by atoms with E-state index < -0.39 is 10.0 Å². The second-order valence-electron chi connectivity index (χ2n) is 5.74. The third kappa shape index (κ3) is 3.09. The summed E-state index contributed by atoms with van der Waals surface area (Å²) >= 11 is 0. The number of ether oxygens (including phenoxy) is 1. The first-order valence-corrected chi connectivity index (χ1v) is 7.93. The largest absolute Gasteiger partial charge is 0.497 e. The minimum Gasteiger partial charge on any atom is -0.497 e. The fraction of sp³-hybridized carbons (Fsp3) is 0.571. The maximum atomic E-state index is 12.5. The molecule has 1 aliphatic rings. The standard InChI is InChI=1S/C14H21NO3S/c1-14(2)8-10-15(11-9-14)19(16,17)13-6-4-12(18-3)5-7-13/h4-7H,8-11H2,1-3H3. The summed E-state index contributed by atoms with van der Waals surface area (Å²) in [6.45, 7) is 5.57. The number of hydrogen-bond donors (Lipinski definition) is 0. The van der Waals surface area contributed by atoms with Gasteiger partial charge in [0.2, 0.25) is 10.0 Å². The van der Waals surface area contributed by atoms with Crippen molar-refractivity contribution < 1.29 is 13.2 Å². The van der Waals surface area contributed by atoms with Gasteiger partial charge in [-0.3, -0.25) is 0 Å². The first kappa shape index (κ1) is 14.3. The van der Waals surface area contributed by atoms with E-state index in [0.717, 1.165) is 12.8 Å². The molecule has 0 radical (unpaired) electrons. The first-order chi connectivity index (χ1) is 8.85. The van der Waals surface area contributed by atoms with Crippen LogP contribution >= 0.6 is 0 Å². The number of benzene rings is 1. The van der Waals surface area contributed by atoms with Gasteiger partial charge in [0, 0.05) is 13.1 Å². The van der Waals surface area contributed by atoms with Crippen molar-refractivity contribution in [2.24, 2.45) is 5.41 Å². The zero-order chi connectivity index (χ0) is 14.1. The Morgan fingerprint density at radius 2 is 1.63 bits per heavy atom. The lowest BCUT2D eigenvalue weighted by Gasteiger charge is -2.36. The summed E-state index contributed by atoms with van der Waals surface area (Å²) in [6, 6.07) is 6.57. The highest BCUT2D eigenvalue weighted by Gasteiger charge is 2.32. The topological polar surface area (TPSA) is 46.6 Å². The fourth-order valence-electron chi connectivity index (χ4n) is 2.23. The molecule has 19 heavy (non-hydrogen) atoms. The molecule has 0 N–H and O–H groups in total. The number of hydrogen-bond acceptors (Lipinski definition) is 3. The highest BCUT2D eigenvalue weighted by Crippen LogP contribution is 2.32. The highest BCUT2D eigenvalue weighted by atomic mass is 32.2. The fourth-order valence-corrected chi connectivity index (χ4v) is 3.67. The Morgan fingerprint density at radius 3 is 2.11 bits per heavy atom. The SMILES string of the molecule is COc1ccc(S(=O)(=O)N2CCC(C)(C)CC2)cc1. The van der Waals surface area contributed by atoms with Gasteiger partial charge in [0.1, 0.15) is 5.75 Å². The van der Waals surface area contributed by atoms with E-state index in [2.05, 4.69) is 13.8 Å². The van der Waals surface area contributed by atoms with E-state index in [1.54, 1.807) is 35.7 Å². The van der Waals surface area contributed by atoms with Crippen LogP contribution in [0, 0.1) is 5.41 Å². The molecular formula is C14H21NO3S. The molecule has 5 heteroatoms. The van der Waals surface area contributed by atoms with E-state index in [-0.39, 0.29) is 5.41 Å². The Labute approximate surface area is 115 Å². The van der Waals surface area contributed by atoms with Crippen LogP contribution in [0.3, 0.4) is 0 Å². The molecule has 106 valence electrons. The van der Waals surface area contributed by atoms with Crippen LogP contribution in [0.4, 0.5) is 0 Å². The number of piperidine rings is 1. The van der Waals surface area contributed by atoms with Gasteiger partial charge in [-0.1, -0.05) is 13.8 Å². The van der Waals surface area contributed by atoms with E-state index in [0.29, 0.717) is 23.7 Å². The molecule has 1 aromatic carbocycles. The molecule has 4 nitrogen and oxygen atoms in total. The van der Waals surface area contributed by atoms with Crippen molar-refractivity contribution in [2.45, 2.75) is 31.6 Å². The Kier molecular flexibility index (Phi) is 3.87. The van der Waals surface area contributed by atoms with Gasteiger partial charge in [0.15, 0.2) is 0 Å². The van der Waals surface area contributed by atoms with Gasteiger partial charge in [-0.25, -0.2) is 8.42 Å². The van der Waals surface area contributed by atoms with Gasteiger partial charge in [-0.15, -0.1) is 0 Å². The maximum absolute atomic E-state index is 12.5. The van der Waals surface area contributed by atoms with Crippen molar-refractivity contribution in [1.29, 1.82) is 0 Å². The number of nitrogens with zero attached hydrogens (tertiary/aromatic N) is 1. The number of rotatable bonds is 3. The molecule has 2 rings (SSSR count). The lowest BCUT2D eigenvalue weighted by Crippen LogP contribution is -2.41. The van der Waals surface area contributed by atoms with Gasteiger partial charge in [0.25, 0.3) is 0 Å². The third-order valence-corrected chi connectivity index (χ3v) is 5.69. The highest BCUT2D eigenvalue weighted by molar-refractivity contribution is 7.89. The second kappa shape index (κ2) is 5.13. The zero-order valence-corrected chi connectivity index (χ0v) is 12.5. The van der Waals surface area contributed by atoms with Crippen molar-refractivity contribution >= 4 is 10.0 Å². The van der Waals surface area contributed by atoms with Crippen molar-refractivity contribution in [2.75, 3.05) is 20.2 Å². The summed E-state index contributed by atoms with van der Waals surface area (Å²) in [5.41, 5.74) is 0.242. The summed E-state index contributed by atoms with van der Waals surface area (Å²) in [6.07, 6.45) is 1.81. The van der Waals surface area contributed by atoms with Gasteiger partial charge >= 0.3 is 0 Å². The van der Waals surface area contributed by atoms with Gasteiger partial charge in [0.05, 0.1) is 12.0 Å². The van der Waals surface area contributed by atoms with Crippen LogP contribution in [0.1, 0.15) is 26.7 Å². The Bertz CT molecular complexity index is 524. The molecule has 0 bridgehead atoms. The molecule has 0 saturated carbocycles. The normalized spacial score (nSPS) is 20.2. The summed E-state index contributed by atoms with van der Waals surface area (Å²) in [5, 5.41) is 0. The van der Waals surface area contributed by atoms with Crippen LogP contribution in [-0.4, -0.2) is 32.9 Å². The average Bonchev–Trinajstić information content (AvgIpc) is 2.38. The molecule has 1 aromatic rings. The van der Waals surface area contributed by atoms with E-state index in [1.807, 2.05) is 0 Å². The molecule has 1 saturated heterocycles. The monoisotopic (exact) mass is 283 g/mol. The number of sulfonamides is 1. The molecule has 1 aliphatic heterocycles. The molecule has 1 heterocycles. The van der Waals surface area contributed by atoms with Crippen molar-refractivity contribution in [1.82, 2.24) is 4.31 Å². The second-order valence-corrected chi connectivity index (χ2v) is 7.68. The van der Waals surface area contributed by atoms with Crippen molar-refractivity contribution in [3.05, 3.63) is 24.3 Å². The Morgan fingerprint density at radius 1 is 1.11 bits per heavy atom.